The van der Waals surface area contributed by atoms with Gasteiger partial charge in [0.05, 0.1) is 4.92 Å². The van der Waals surface area contributed by atoms with Crippen LogP contribution < -0.4 is 15.8 Å². The maximum Gasteiger partial charge on any atom is 0.290 e. The summed E-state index contributed by atoms with van der Waals surface area (Å²) in [6.45, 7) is 4.98. The van der Waals surface area contributed by atoms with Crippen molar-refractivity contribution in [3.05, 3.63) is 50.1 Å². The summed E-state index contributed by atoms with van der Waals surface area (Å²) >= 11 is 0. The number of nitro groups is 1. The summed E-state index contributed by atoms with van der Waals surface area (Å²) < 4.78 is 0. The third-order valence-corrected chi connectivity index (χ3v) is 4.21. The third kappa shape index (κ3) is 3.93. The quantitative estimate of drug-likeness (QED) is 0.641. The van der Waals surface area contributed by atoms with E-state index in [2.05, 4.69) is 20.3 Å². The van der Waals surface area contributed by atoms with E-state index in [0.29, 0.717) is 29.6 Å². The van der Waals surface area contributed by atoms with E-state index < -0.39 is 4.92 Å². The smallest absolute Gasteiger partial charge is 0.290 e. The Kier molecular flexibility index (Phi) is 4.64. The highest BCUT2D eigenvalue weighted by molar-refractivity contribution is 5.47. The molecule has 0 saturated carbocycles. The van der Waals surface area contributed by atoms with E-state index in [1.54, 1.807) is 19.9 Å². The molecule has 1 atom stereocenters. The molecule has 3 heterocycles. The van der Waals surface area contributed by atoms with Crippen molar-refractivity contribution < 1.29 is 4.92 Å². The van der Waals surface area contributed by atoms with E-state index in [1.807, 2.05) is 4.90 Å². The number of H-pyrrole nitrogens is 1. The average Bonchev–Trinajstić information content (AvgIpc) is 2.54. The van der Waals surface area contributed by atoms with Gasteiger partial charge in [-0.05, 0) is 32.8 Å². The molecule has 2 N–H and O–H groups in total. The molecule has 0 radical (unpaired) electrons. The van der Waals surface area contributed by atoms with E-state index in [4.69, 9.17) is 0 Å². The topological polar surface area (TPSA) is 117 Å². The van der Waals surface area contributed by atoms with Crippen LogP contribution in [0.25, 0.3) is 0 Å². The lowest BCUT2D eigenvalue weighted by atomic mass is 10.1. The van der Waals surface area contributed by atoms with Crippen molar-refractivity contribution >= 4 is 17.5 Å². The molecule has 1 fully saturated rings. The number of nitrogens with zero attached hydrogens (tertiary/aromatic N) is 4. The lowest BCUT2D eigenvalue weighted by molar-refractivity contribution is -0.385. The van der Waals surface area contributed by atoms with Gasteiger partial charge in [0.15, 0.2) is 0 Å². The highest BCUT2D eigenvalue weighted by atomic mass is 16.6. The minimum absolute atomic E-state index is 0.0114. The first-order chi connectivity index (χ1) is 11.9. The summed E-state index contributed by atoms with van der Waals surface area (Å²) in [6.07, 6.45) is 3.17. The molecule has 0 bridgehead atoms. The zero-order chi connectivity index (χ0) is 18.0. The molecule has 132 valence electrons. The first kappa shape index (κ1) is 16.9. The standard InChI is InChI=1S/C16H20N6O3/c1-10-6-14(17-8-13(10)22(24)25)19-12-4-3-5-21(9-12)16-18-11(2)7-15(23)20-16/h6-8,12H,3-5,9H2,1-2H3,(H,17,19)(H,18,20,23). The van der Waals surface area contributed by atoms with Crippen LogP contribution in [0.15, 0.2) is 23.1 Å². The van der Waals surface area contributed by atoms with Crippen LogP contribution in [0.5, 0.6) is 0 Å². The van der Waals surface area contributed by atoms with Gasteiger partial charge in [-0.2, -0.15) is 0 Å². The SMILES string of the molecule is Cc1cc(=O)[nH]c(N2CCCC(Nc3cc(C)c([N+](=O)[O-])cn3)C2)n1. The van der Waals surface area contributed by atoms with Gasteiger partial charge in [0.1, 0.15) is 12.0 Å². The first-order valence-electron chi connectivity index (χ1n) is 8.13. The fourth-order valence-electron chi connectivity index (χ4n) is 3.03. The number of piperidine rings is 1. The first-order valence-corrected chi connectivity index (χ1v) is 8.13. The Morgan fingerprint density at radius 2 is 2.20 bits per heavy atom. The van der Waals surface area contributed by atoms with Crippen LogP contribution >= 0.6 is 0 Å². The summed E-state index contributed by atoms with van der Waals surface area (Å²) in [5, 5.41) is 14.2. The molecule has 1 aliphatic heterocycles. The molecular formula is C16H20N6O3. The Labute approximate surface area is 144 Å². The van der Waals surface area contributed by atoms with Crippen molar-refractivity contribution in [2.45, 2.75) is 32.7 Å². The van der Waals surface area contributed by atoms with Gasteiger partial charge >= 0.3 is 0 Å². The van der Waals surface area contributed by atoms with Crippen LogP contribution in [0.2, 0.25) is 0 Å². The maximum atomic E-state index is 11.6. The molecule has 0 aromatic carbocycles. The fourth-order valence-corrected chi connectivity index (χ4v) is 3.03. The zero-order valence-electron chi connectivity index (χ0n) is 14.2. The largest absolute Gasteiger partial charge is 0.366 e. The van der Waals surface area contributed by atoms with Crippen molar-refractivity contribution in [1.29, 1.82) is 0 Å². The number of nitrogens with one attached hydrogen (secondary N) is 2. The lowest BCUT2D eigenvalue weighted by Crippen LogP contribution is -2.43. The van der Waals surface area contributed by atoms with Gasteiger partial charge in [-0.15, -0.1) is 0 Å². The minimum atomic E-state index is -0.436. The Balaban J connectivity index is 1.72. The molecule has 9 nitrogen and oxygen atoms in total. The van der Waals surface area contributed by atoms with E-state index in [1.165, 1.54) is 12.3 Å². The second-order valence-electron chi connectivity index (χ2n) is 6.25. The van der Waals surface area contributed by atoms with Crippen LogP contribution in [0.1, 0.15) is 24.1 Å². The van der Waals surface area contributed by atoms with Gasteiger partial charge in [0.25, 0.3) is 11.2 Å². The number of aryl methyl sites for hydroxylation is 2. The molecule has 2 aromatic heterocycles. The number of anilines is 2. The van der Waals surface area contributed by atoms with E-state index >= 15 is 0 Å². The molecule has 3 rings (SSSR count). The van der Waals surface area contributed by atoms with Crippen molar-refractivity contribution in [3.8, 4) is 0 Å². The van der Waals surface area contributed by atoms with Gasteiger partial charge in [-0.1, -0.05) is 0 Å². The molecule has 9 heteroatoms. The predicted molar refractivity (Wildman–Crippen MR) is 94.1 cm³/mol. The molecule has 25 heavy (non-hydrogen) atoms. The van der Waals surface area contributed by atoms with Gasteiger partial charge in [0, 0.05) is 36.5 Å². The predicted octanol–water partition coefficient (Wildman–Crippen LogP) is 1.77. The molecule has 1 saturated heterocycles. The zero-order valence-corrected chi connectivity index (χ0v) is 14.2. The normalized spacial score (nSPS) is 17.4. The van der Waals surface area contributed by atoms with Gasteiger partial charge < -0.3 is 10.2 Å². The number of hydrogen-bond acceptors (Lipinski definition) is 7. The maximum absolute atomic E-state index is 11.6. The third-order valence-electron chi connectivity index (χ3n) is 4.21. The molecule has 2 aromatic rings. The van der Waals surface area contributed by atoms with Crippen LogP contribution in [-0.4, -0.2) is 39.0 Å². The number of hydrogen-bond donors (Lipinski definition) is 2. The van der Waals surface area contributed by atoms with Crippen molar-refractivity contribution in [1.82, 2.24) is 15.0 Å². The molecule has 0 aliphatic carbocycles. The Hall–Kier alpha value is -2.97. The number of pyridine rings is 1. The Morgan fingerprint density at radius 3 is 2.88 bits per heavy atom. The van der Waals surface area contributed by atoms with Crippen LogP contribution in [0, 0.1) is 24.0 Å². The monoisotopic (exact) mass is 344 g/mol. The lowest BCUT2D eigenvalue weighted by Gasteiger charge is -2.33. The minimum Gasteiger partial charge on any atom is -0.366 e. The van der Waals surface area contributed by atoms with Gasteiger partial charge in [-0.3, -0.25) is 19.9 Å². The highest BCUT2D eigenvalue weighted by Crippen LogP contribution is 2.22. The van der Waals surface area contributed by atoms with Crippen LogP contribution in [0.3, 0.4) is 0 Å². The van der Waals surface area contributed by atoms with Crippen molar-refractivity contribution in [3.63, 3.8) is 0 Å². The molecule has 0 spiro atoms. The fraction of sp³-hybridized carbons (Fsp3) is 0.438. The summed E-state index contributed by atoms with van der Waals surface area (Å²) in [4.78, 5) is 35.4. The van der Waals surface area contributed by atoms with Gasteiger partial charge in [0.2, 0.25) is 5.95 Å². The summed E-state index contributed by atoms with van der Waals surface area (Å²) in [6, 6.07) is 3.27. The Bertz CT molecular complexity index is 850. The highest BCUT2D eigenvalue weighted by Gasteiger charge is 2.22. The van der Waals surface area contributed by atoms with E-state index in [0.717, 1.165) is 19.4 Å². The molecule has 1 aliphatic rings. The molecular weight excluding hydrogens is 324 g/mol. The van der Waals surface area contributed by atoms with Crippen LogP contribution in [0.4, 0.5) is 17.5 Å². The van der Waals surface area contributed by atoms with Gasteiger partial charge in [-0.25, -0.2) is 9.97 Å². The summed E-state index contributed by atoms with van der Waals surface area (Å²) in [5.74, 6) is 1.19. The van der Waals surface area contributed by atoms with Crippen molar-refractivity contribution in [2.75, 3.05) is 23.3 Å². The Morgan fingerprint density at radius 1 is 1.40 bits per heavy atom. The summed E-state index contributed by atoms with van der Waals surface area (Å²) in [5.41, 5.74) is 1.10. The van der Waals surface area contributed by atoms with Crippen LogP contribution in [-0.2, 0) is 0 Å². The van der Waals surface area contributed by atoms with Crippen molar-refractivity contribution in [2.24, 2.45) is 0 Å². The number of aromatic nitrogens is 3. The second-order valence-corrected chi connectivity index (χ2v) is 6.25. The average molecular weight is 344 g/mol. The molecule has 0 amide bonds. The molecule has 1 unspecified atom stereocenters. The second kappa shape index (κ2) is 6.88. The van der Waals surface area contributed by atoms with E-state index in [-0.39, 0.29) is 17.3 Å². The van der Waals surface area contributed by atoms with E-state index in [9.17, 15) is 14.9 Å². The number of rotatable bonds is 4. The number of aromatic amines is 1. The summed E-state index contributed by atoms with van der Waals surface area (Å²) in [7, 11) is 0.